The lowest BCUT2D eigenvalue weighted by Crippen LogP contribution is -2.17. The van der Waals surface area contributed by atoms with E-state index in [1.807, 2.05) is 6.92 Å². The highest BCUT2D eigenvalue weighted by Gasteiger charge is 2.27. The van der Waals surface area contributed by atoms with E-state index in [9.17, 15) is 13.2 Å². The number of halogens is 3. The molecule has 0 atom stereocenters. The Labute approximate surface area is 104 Å². The molecular formula is C11H17F3N2O2. The number of rotatable bonds is 8. The fraction of sp³-hybridized carbons (Fsp3) is 0.727. The van der Waals surface area contributed by atoms with Gasteiger partial charge in [0.25, 0.3) is 0 Å². The van der Waals surface area contributed by atoms with Crippen molar-refractivity contribution in [2.45, 2.75) is 32.5 Å². The zero-order valence-corrected chi connectivity index (χ0v) is 10.2. The molecule has 0 amide bonds. The van der Waals surface area contributed by atoms with E-state index in [1.165, 1.54) is 6.20 Å². The first-order chi connectivity index (χ1) is 8.51. The number of ether oxygens (including phenoxy) is 1. The Hall–Kier alpha value is -1.08. The second-order valence-electron chi connectivity index (χ2n) is 3.81. The van der Waals surface area contributed by atoms with Crippen LogP contribution in [0.25, 0.3) is 0 Å². The lowest BCUT2D eigenvalue weighted by atomic mass is 10.4. The monoisotopic (exact) mass is 266 g/mol. The minimum Gasteiger partial charge on any atom is -0.444 e. The zero-order chi connectivity index (χ0) is 13.4. The predicted molar refractivity (Wildman–Crippen MR) is 59.1 cm³/mol. The molecule has 0 spiro atoms. The first kappa shape index (κ1) is 15.0. The van der Waals surface area contributed by atoms with Crippen LogP contribution in [0.3, 0.4) is 0 Å². The van der Waals surface area contributed by atoms with E-state index >= 15 is 0 Å². The molecule has 18 heavy (non-hydrogen) atoms. The molecule has 0 bridgehead atoms. The quantitative estimate of drug-likeness (QED) is 0.733. The molecule has 0 aliphatic carbocycles. The molecule has 1 rings (SSSR count). The highest BCUT2D eigenvalue weighted by molar-refractivity contribution is 4.94. The molecule has 0 radical (unpaired) electrons. The summed E-state index contributed by atoms with van der Waals surface area (Å²) in [4.78, 5) is 4.01. The summed E-state index contributed by atoms with van der Waals surface area (Å²) in [5.41, 5.74) is 0. The van der Waals surface area contributed by atoms with Crippen LogP contribution in [0.15, 0.2) is 10.6 Å². The van der Waals surface area contributed by atoms with Crippen molar-refractivity contribution < 1.29 is 22.3 Å². The van der Waals surface area contributed by atoms with Crippen molar-refractivity contribution in [3.05, 3.63) is 17.8 Å². The van der Waals surface area contributed by atoms with Gasteiger partial charge in [-0.05, 0) is 13.0 Å². The summed E-state index contributed by atoms with van der Waals surface area (Å²) in [7, 11) is 0. The maximum Gasteiger partial charge on any atom is 0.411 e. The largest absolute Gasteiger partial charge is 0.444 e. The van der Waals surface area contributed by atoms with E-state index in [1.54, 1.807) is 0 Å². The summed E-state index contributed by atoms with van der Waals surface area (Å²) in [6.45, 7) is 2.18. The lowest BCUT2D eigenvalue weighted by Gasteiger charge is -2.06. The number of oxazole rings is 1. The third-order valence-electron chi connectivity index (χ3n) is 2.06. The SMILES string of the molecule is CCCNCc1ncc(CCOCC(F)(F)F)o1. The van der Waals surface area contributed by atoms with Crippen molar-refractivity contribution in [1.29, 1.82) is 0 Å². The highest BCUT2D eigenvalue weighted by Crippen LogP contribution is 2.14. The second-order valence-corrected chi connectivity index (χ2v) is 3.81. The zero-order valence-electron chi connectivity index (χ0n) is 10.2. The topological polar surface area (TPSA) is 47.3 Å². The molecule has 0 fully saturated rings. The Balaban J connectivity index is 2.19. The van der Waals surface area contributed by atoms with Gasteiger partial charge < -0.3 is 14.5 Å². The minimum atomic E-state index is -4.28. The fourth-order valence-electron chi connectivity index (χ4n) is 1.28. The van der Waals surface area contributed by atoms with Crippen molar-refractivity contribution in [1.82, 2.24) is 10.3 Å². The molecule has 4 nitrogen and oxygen atoms in total. The number of nitrogens with zero attached hydrogens (tertiary/aromatic N) is 1. The average Bonchev–Trinajstić information content (AvgIpc) is 2.72. The number of aromatic nitrogens is 1. The summed E-state index contributed by atoms with van der Waals surface area (Å²) < 4.78 is 45.2. The minimum absolute atomic E-state index is 0.0312. The number of hydrogen-bond donors (Lipinski definition) is 1. The molecule has 0 aliphatic heterocycles. The maximum atomic E-state index is 11.8. The normalized spacial score (nSPS) is 12.0. The van der Waals surface area contributed by atoms with Gasteiger partial charge in [0.15, 0.2) is 0 Å². The van der Waals surface area contributed by atoms with Gasteiger partial charge in [0.1, 0.15) is 12.4 Å². The van der Waals surface area contributed by atoms with Crippen LogP contribution in [0.4, 0.5) is 13.2 Å². The van der Waals surface area contributed by atoms with Gasteiger partial charge in [0, 0.05) is 6.42 Å². The van der Waals surface area contributed by atoms with Crippen molar-refractivity contribution in [3.8, 4) is 0 Å². The second kappa shape index (κ2) is 7.38. The van der Waals surface area contributed by atoms with Gasteiger partial charge >= 0.3 is 6.18 Å². The van der Waals surface area contributed by atoms with Crippen LogP contribution >= 0.6 is 0 Å². The molecule has 1 aromatic rings. The summed E-state index contributed by atoms with van der Waals surface area (Å²) >= 11 is 0. The van der Waals surface area contributed by atoms with E-state index in [4.69, 9.17) is 4.42 Å². The standard InChI is InChI=1S/C11H17F3N2O2/c1-2-4-15-7-10-16-6-9(18-10)3-5-17-8-11(12,13)14/h6,15H,2-5,7-8H2,1H3. The fourth-order valence-corrected chi connectivity index (χ4v) is 1.28. The van der Waals surface area contributed by atoms with Crippen LogP contribution < -0.4 is 5.32 Å². The van der Waals surface area contributed by atoms with Crippen LogP contribution in [0, 0.1) is 0 Å². The van der Waals surface area contributed by atoms with E-state index in [2.05, 4.69) is 15.0 Å². The molecule has 7 heteroatoms. The van der Waals surface area contributed by atoms with Crippen LogP contribution in [-0.4, -0.2) is 30.9 Å². The van der Waals surface area contributed by atoms with Crippen LogP contribution in [0.1, 0.15) is 25.0 Å². The first-order valence-corrected chi connectivity index (χ1v) is 5.80. The Kier molecular flexibility index (Phi) is 6.14. The number of nitrogens with one attached hydrogen (secondary N) is 1. The lowest BCUT2D eigenvalue weighted by molar-refractivity contribution is -0.173. The molecule has 1 N–H and O–H groups in total. The van der Waals surface area contributed by atoms with E-state index in [0.717, 1.165) is 13.0 Å². The molecule has 1 aromatic heterocycles. The van der Waals surface area contributed by atoms with Gasteiger partial charge in [0.2, 0.25) is 5.89 Å². The van der Waals surface area contributed by atoms with Crippen molar-refractivity contribution in [2.24, 2.45) is 0 Å². The Bertz CT molecular complexity index is 339. The van der Waals surface area contributed by atoms with E-state index < -0.39 is 12.8 Å². The third kappa shape index (κ3) is 6.61. The molecule has 0 saturated carbocycles. The Morgan fingerprint density at radius 2 is 2.22 bits per heavy atom. The van der Waals surface area contributed by atoms with Gasteiger partial charge in [-0.15, -0.1) is 0 Å². The molecule has 0 saturated heterocycles. The van der Waals surface area contributed by atoms with Gasteiger partial charge in [-0.1, -0.05) is 6.92 Å². The van der Waals surface area contributed by atoms with Crippen LogP contribution in [-0.2, 0) is 17.7 Å². The van der Waals surface area contributed by atoms with Crippen LogP contribution in [0.2, 0.25) is 0 Å². The first-order valence-electron chi connectivity index (χ1n) is 5.80. The van der Waals surface area contributed by atoms with Crippen molar-refractivity contribution in [3.63, 3.8) is 0 Å². The molecular weight excluding hydrogens is 249 g/mol. The molecule has 0 unspecified atom stereocenters. The van der Waals surface area contributed by atoms with E-state index in [-0.39, 0.29) is 13.0 Å². The maximum absolute atomic E-state index is 11.8. The molecule has 1 heterocycles. The predicted octanol–water partition coefficient (Wildman–Crippen LogP) is 2.30. The Morgan fingerprint density at radius 3 is 2.89 bits per heavy atom. The number of hydrogen-bond acceptors (Lipinski definition) is 4. The van der Waals surface area contributed by atoms with Gasteiger partial charge in [-0.25, -0.2) is 4.98 Å². The van der Waals surface area contributed by atoms with Crippen LogP contribution in [0.5, 0.6) is 0 Å². The third-order valence-corrected chi connectivity index (χ3v) is 2.06. The molecule has 0 aromatic carbocycles. The summed E-state index contributed by atoms with van der Waals surface area (Å²) in [5, 5.41) is 3.12. The summed E-state index contributed by atoms with van der Waals surface area (Å²) in [6.07, 6.45) is -1.47. The van der Waals surface area contributed by atoms with E-state index in [0.29, 0.717) is 18.2 Å². The van der Waals surface area contributed by atoms with Crippen molar-refractivity contribution >= 4 is 0 Å². The molecule has 104 valence electrons. The Morgan fingerprint density at radius 1 is 1.44 bits per heavy atom. The number of alkyl halides is 3. The van der Waals surface area contributed by atoms with Gasteiger partial charge in [-0.2, -0.15) is 13.2 Å². The summed E-state index contributed by atoms with van der Waals surface area (Å²) in [6, 6.07) is 0. The van der Waals surface area contributed by atoms with Gasteiger partial charge in [-0.3, -0.25) is 0 Å². The highest BCUT2D eigenvalue weighted by atomic mass is 19.4. The summed E-state index contributed by atoms with van der Waals surface area (Å²) in [5.74, 6) is 1.07. The van der Waals surface area contributed by atoms with Crippen molar-refractivity contribution in [2.75, 3.05) is 19.8 Å². The smallest absolute Gasteiger partial charge is 0.411 e. The molecule has 0 aliphatic rings. The average molecular weight is 266 g/mol. The van der Waals surface area contributed by atoms with Gasteiger partial charge in [0.05, 0.1) is 19.3 Å².